The summed E-state index contributed by atoms with van der Waals surface area (Å²) in [4.78, 5) is 0. The number of halogens is 4. The minimum Gasteiger partial charge on any atom is -0.497 e. The van der Waals surface area contributed by atoms with Crippen LogP contribution in [0.25, 0.3) is 22.4 Å². The van der Waals surface area contributed by atoms with E-state index >= 15 is 8.63 Å². The number of nitrogens with zero attached hydrogens (tertiary/aromatic N) is 1. The summed E-state index contributed by atoms with van der Waals surface area (Å²) in [7, 11) is 1.47. The second-order valence-corrected chi connectivity index (χ2v) is 8.04. The zero-order valence-corrected chi connectivity index (χ0v) is 17.8. The Morgan fingerprint density at radius 1 is 1.06 bits per heavy atom. The van der Waals surface area contributed by atoms with Crippen LogP contribution in [0.5, 0.6) is 5.75 Å². The Balaban J connectivity index is 1.79. The lowest BCUT2D eigenvalue weighted by Gasteiger charge is -2.30. The lowest BCUT2D eigenvalue weighted by Crippen LogP contribution is -3.03. The summed E-state index contributed by atoms with van der Waals surface area (Å²) in [6, 6.07) is 11.8. The first-order valence-corrected chi connectivity index (χ1v) is 10.5. The zero-order chi connectivity index (χ0) is 22.3. The molecule has 3 aromatic rings. The van der Waals surface area contributed by atoms with Crippen molar-refractivity contribution in [2.24, 2.45) is 0 Å². The maximum atomic E-state index is 15.1. The van der Waals surface area contributed by atoms with E-state index in [9.17, 15) is 8.78 Å². The van der Waals surface area contributed by atoms with E-state index in [2.05, 4.69) is 0 Å². The predicted molar refractivity (Wildman–Crippen MR) is 114 cm³/mol. The highest BCUT2D eigenvalue weighted by atomic mass is 19.2. The molecule has 0 saturated carbocycles. The van der Waals surface area contributed by atoms with Gasteiger partial charge < -0.3 is 23.1 Å². The van der Waals surface area contributed by atoms with Crippen molar-refractivity contribution in [3.8, 4) is 28.1 Å². The molecule has 3 nitrogen and oxygen atoms in total. The largest absolute Gasteiger partial charge is 0.659 e. The number of aromatic nitrogens is 1. The fourth-order valence-corrected chi connectivity index (χ4v) is 4.46. The number of fused-ring (bicyclic) bond motifs is 3. The average molecular weight is 432 g/mol. The van der Waals surface area contributed by atoms with Crippen LogP contribution in [0.3, 0.4) is 0 Å². The number of aryl methyl sites for hydroxylation is 3. The third-order valence-electron chi connectivity index (χ3n) is 5.99. The second-order valence-electron chi connectivity index (χ2n) is 8.04. The van der Waals surface area contributed by atoms with Gasteiger partial charge in [-0.15, -0.1) is 0 Å². The molecule has 31 heavy (non-hydrogen) atoms. The van der Waals surface area contributed by atoms with Gasteiger partial charge in [0.15, 0.2) is 6.30 Å². The van der Waals surface area contributed by atoms with Gasteiger partial charge >= 0.3 is 6.97 Å². The Morgan fingerprint density at radius 3 is 2.45 bits per heavy atom. The Morgan fingerprint density at radius 2 is 1.77 bits per heavy atom. The first-order chi connectivity index (χ1) is 14.7. The summed E-state index contributed by atoms with van der Waals surface area (Å²) < 4.78 is 64.6. The molecule has 1 aromatic heterocycles. The molecule has 2 N–H and O–H groups in total. The summed E-state index contributed by atoms with van der Waals surface area (Å²) in [6.45, 7) is -1.05. The molecule has 0 aliphatic heterocycles. The van der Waals surface area contributed by atoms with Crippen LogP contribution in [-0.4, -0.2) is 24.9 Å². The van der Waals surface area contributed by atoms with Crippen molar-refractivity contribution in [2.75, 3.05) is 7.11 Å². The monoisotopic (exact) mass is 432 g/mol. The maximum Gasteiger partial charge on any atom is 0.659 e. The van der Waals surface area contributed by atoms with Crippen LogP contribution in [0.1, 0.15) is 30.2 Å². The number of nitrogens with two attached hydrogens (primary N) is 1. The minimum absolute atomic E-state index is 0.00716. The molecular weight excluding hydrogens is 407 g/mol. The van der Waals surface area contributed by atoms with Crippen LogP contribution in [0.15, 0.2) is 42.5 Å². The molecule has 1 unspecified atom stereocenters. The molecule has 0 amide bonds. The van der Waals surface area contributed by atoms with Gasteiger partial charge in [0.05, 0.1) is 7.11 Å². The standard InChI is InChI=1S/C23H25BF4N2O/c1-4-22(26)29-24(27,28)30-14(2)11-17-6-5-16-12-15(7-9-20(16)23(17)30)19-10-8-18(31-3)13-21(19)25/h7-13,22H,4-6,29H2,1-3H3. The number of ether oxygens (including phenoxy) is 1. The van der Waals surface area contributed by atoms with Crippen LogP contribution < -0.4 is 9.96 Å². The number of rotatable bonds is 6. The third kappa shape index (κ3) is 3.85. The first kappa shape index (κ1) is 21.5. The molecule has 0 saturated heterocycles. The summed E-state index contributed by atoms with van der Waals surface area (Å²) in [5.41, 5.74) is 4.34. The lowest BCUT2D eigenvalue weighted by atomic mass is 9.86. The SMILES string of the molecule is CCC(F)[NH2+][B-](F)(F)n1c(C)cc2c1-c1ccc(-c3ccc(OC)cc3F)cc1CC2. The van der Waals surface area contributed by atoms with Gasteiger partial charge in [-0.2, -0.15) is 4.39 Å². The molecule has 1 aliphatic carbocycles. The highest BCUT2D eigenvalue weighted by Gasteiger charge is 2.42. The molecule has 0 spiro atoms. The van der Waals surface area contributed by atoms with Gasteiger partial charge in [0, 0.05) is 23.7 Å². The van der Waals surface area contributed by atoms with Crippen LogP contribution in [0.4, 0.5) is 17.4 Å². The van der Waals surface area contributed by atoms with Crippen molar-refractivity contribution in [1.82, 2.24) is 4.48 Å². The summed E-state index contributed by atoms with van der Waals surface area (Å²) in [5, 5.41) is 0.530. The summed E-state index contributed by atoms with van der Waals surface area (Å²) in [5.74, 6) is 0.0177. The van der Waals surface area contributed by atoms with Crippen LogP contribution in [0.2, 0.25) is 0 Å². The van der Waals surface area contributed by atoms with Gasteiger partial charge in [0.25, 0.3) is 0 Å². The minimum atomic E-state index is -4.22. The summed E-state index contributed by atoms with van der Waals surface area (Å²) in [6.07, 6.45) is -0.395. The van der Waals surface area contributed by atoms with Gasteiger partial charge in [-0.05, 0) is 65.9 Å². The molecule has 0 radical (unpaired) electrons. The maximum absolute atomic E-state index is 15.1. The van der Waals surface area contributed by atoms with Gasteiger partial charge in [-0.1, -0.05) is 25.1 Å². The highest BCUT2D eigenvalue weighted by molar-refractivity contribution is 6.55. The Labute approximate surface area is 179 Å². The molecule has 164 valence electrons. The fraction of sp³-hybridized carbons (Fsp3) is 0.304. The number of hydrogen-bond donors (Lipinski definition) is 1. The Bertz CT molecular complexity index is 1130. The third-order valence-corrected chi connectivity index (χ3v) is 5.99. The van der Waals surface area contributed by atoms with Crippen molar-refractivity contribution in [2.45, 2.75) is 39.4 Å². The molecule has 1 aliphatic rings. The smallest absolute Gasteiger partial charge is 0.497 e. The summed E-state index contributed by atoms with van der Waals surface area (Å²) >= 11 is 0. The van der Waals surface area contributed by atoms with Crippen LogP contribution in [-0.2, 0) is 12.8 Å². The molecule has 0 bridgehead atoms. The van der Waals surface area contributed by atoms with E-state index in [0.717, 1.165) is 15.6 Å². The van der Waals surface area contributed by atoms with Gasteiger partial charge in [0.2, 0.25) is 0 Å². The van der Waals surface area contributed by atoms with Crippen molar-refractivity contribution >= 4 is 6.97 Å². The first-order valence-electron chi connectivity index (χ1n) is 10.5. The van der Waals surface area contributed by atoms with E-state index < -0.39 is 19.1 Å². The van der Waals surface area contributed by atoms with E-state index in [1.54, 1.807) is 44.2 Å². The zero-order valence-electron chi connectivity index (χ0n) is 17.8. The van der Waals surface area contributed by atoms with E-state index in [4.69, 9.17) is 4.74 Å². The molecular formula is C23H25BF4N2O. The van der Waals surface area contributed by atoms with E-state index in [-0.39, 0.29) is 6.42 Å². The Kier molecular flexibility index (Phi) is 5.60. The Hall–Kier alpha value is -2.74. The highest BCUT2D eigenvalue weighted by Crippen LogP contribution is 2.39. The predicted octanol–water partition coefficient (Wildman–Crippen LogP) is 4.87. The quantitative estimate of drug-likeness (QED) is 0.337. The topological polar surface area (TPSA) is 30.8 Å². The lowest BCUT2D eigenvalue weighted by molar-refractivity contribution is -0.620. The van der Waals surface area contributed by atoms with E-state index in [1.165, 1.54) is 13.2 Å². The van der Waals surface area contributed by atoms with Gasteiger partial charge in [0.1, 0.15) is 11.6 Å². The second kappa shape index (κ2) is 8.07. The van der Waals surface area contributed by atoms with E-state index in [1.807, 2.05) is 6.07 Å². The molecule has 0 fully saturated rings. The number of benzene rings is 2. The molecule has 4 rings (SSSR count). The normalized spacial score (nSPS) is 14.2. The van der Waals surface area contributed by atoms with Crippen molar-refractivity contribution in [3.63, 3.8) is 0 Å². The average Bonchev–Trinajstić information content (AvgIpc) is 3.09. The number of hydrogen-bond acceptors (Lipinski definition) is 1. The molecule has 2 aromatic carbocycles. The number of methoxy groups -OCH3 is 1. The van der Waals surface area contributed by atoms with Gasteiger partial charge in [-0.25, -0.2) is 4.39 Å². The van der Waals surface area contributed by atoms with E-state index in [0.29, 0.717) is 51.9 Å². The van der Waals surface area contributed by atoms with Crippen molar-refractivity contribution in [1.29, 1.82) is 0 Å². The van der Waals surface area contributed by atoms with Crippen molar-refractivity contribution < 1.29 is 27.4 Å². The fourth-order valence-electron chi connectivity index (χ4n) is 4.46. The molecule has 1 heterocycles. The number of alkyl halides is 1. The van der Waals surface area contributed by atoms with Crippen molar-refractivity contribution in [3.05, 3.63) is 65.1 Å². The molecule has 1 atom stereocenters. The van der Waals surface area contributed by atoms with Crippen LogP contribution in [0, 0.1) is 12.7 Å². The number of quaternary nitrogens is 1. The van der Waals surface area contributed by atoms with Crippen LogP contribution >= 0.6 is 0 Å². The molecule has 8 heteroatoms. The van der Waals surface area contributed by atoms with Gasteiger partial charge in [-0.3, -0.25) is 0 Å².